The van der Waals surface area contributed by atoms with Crippen LogP contribution in [0, 0.1) is 0 Å². The summed E-state index contributed by atoms with van der Waals surface area (Å²) < 4.78 is 0. The first-order chi connectivity index (χ1) is 11.7. The van der Waals surface area contributed by atoms with Crippen molar-refractivity contribution in [2.24, 2.45) is 0 Å². The monoisotopic (exact) mass is 580 g/mol. The Morgan fingerprint density at radius 1 is 0.750 bits per heavy atom. The minimum Gasteiger partial charge on any atom is -0.0928 e. The molecule has 0 N–H and O–H groups in total. The van der Waals surface area contributed by atoms with Crippen molar-refractivity contribution in [2.45, 2.75) is 48.2 Å². The van der Waals surface area contributed by atoms with Gasteiger partial charge >= 0.3 is 0 Å². The number of halogens is 4. The molecular formula is C20H24Br4. The number of rotatable bonds is 10. The zero-order valence-electron chi connectivity index (χ0n) is 13.8. The highest BCUT2D eigenvalue weighted by atomic mass is 79.9. The van der Waals surface area contributed by atoms with Crippen molar-refractivity contribution in [3.63, 3.8) is 0 Å². The van der Waals surface area contributed by atoms with E-state index in [-0.39, 0.29) is 0 Å². The van der Waals surface area contributed by atoms with Gasteiger partial charge in [-0.05, 0) is 60.4 Å². The van der Waals surface area contributed by atoms with Crippen LogP contribution in [0.15, 0.2) is 36.4 Å². The highest BCUT2D eigenvalue weighted by Gasteiger charge is 2.15. The lowest BCUT2D eigenvalue weighted by molar-refractivity contribution is 0.730. The zero-order valence-corrected chi connectivity index (χ0v) is 20.1. The minimum atomic E-state index is 0.538. The predicted molar refractivity (Wildman–Crippen MR) is 123 cm³/mol. The van der Waals surface area contributed by atoms with E-state index in [1.165, 1.54) is 47.6 Å². The van der Waals surface area contributed by atoms with E-state index in [0.717, 1.165) is 23.5 Å². The van der Waals surface area contributed by atoms with Gasteiger partial charge in [0.05, 0.1) is 0 Å². The van der Waals surface area contributed by atoms with Crippen LogP contribution < -0.4 is 0 Å². The standard InChI is InChI=1S/C20H24Br4/c21-11-3-6-17(23)13-16-10-9-15-5-1-2-8-19(15)20(16)14-18(24)7-4-12-22/h1-2,5,8-10,17-18H,3-4,6-7,11-14H2. The average Bonchev–Trinajstić information content (AvgIpc) is 2.60. The molecule has 0 bridgehead atoms. The van der Waals surface area contributed by atoms with Crippen LogP contribution in [0.3, 0.4) is 0 Å². The van der Waals surface area contributed by atoms with Crippen molar-refractivity contribution < 1.29 is 0 Å². The number of alkyl halides is 4. The van der Waals surface area contributed by atoms with Gasteiger partial charge in [-0.3, -0.25) is 0 Å². The third-order valence-corrected chi connectivity index (χ3v) is 6.99. The maximum atomic E-state index is 3.90. The summed E-state index contributed by atoms with van der Waals surface area (Å²) in [6, 6.07) is 13.4. The summed E-state index contributed by atoms with van der Waals surface area (Å²) in [5.74, 6) is 0. The molecule has 0 saturated carbocycles. The van der Waals surface area contributed by atoms with E-state index < -0.39 is 0 Å². The lowest BCUT2D eigenvalue weighted by Gasteiger charge is -2.18. The predicted octanol–water partition coefficient (Wildman–Crippen LogP) is 7.80. The highest BCUT2D eigenvalue weighted by molar-refractivity contribution is 9.10. The molecule has 2 rings (SSSR count). The first kappa shape index (κ1) is 20.9. The molecule has 0 fully saturated rings. The van der Waals surface area contributed by atoms with Crippen molar-refractivity contribution in [2.75, 3.05) is 10.7 Å². The molecule has 132 valence electrons. The fraction of sp³-hybridized carbons (Fsp3) is 0.500. The quantitative estimate of drug-likeness (QED) is 0.250. The Kier molecular flexibility index (Phi) is 9.90. The fourth-order valence-electron chi connectivity index (χ4n) is 3.07. The van der Waals surface area contributed by atoms with E-state index in [1.807, 2.05) is 0 Å². The van der Waals surface area contributed by atoms with Crippen LogP contribution in [0.5, 0.6) is 0 Å². The second kappa shape index (κ2) is 11.4. The Morgan fingerprint density at radius 3 is 2.04 bits per heavy atom. The van der Waals surface area contributed by atoms with Gasteiger partial charge in [0.15, 0.2) is 0 Å². The molecule has 0 aliphatic carbocycles. The molecule has 0 nitrogen and oxygen atoms in total. The van der Waals surface area contributed by atoms with Crippen molar-refractivity contribution in [3.05, 3.63) is 47.5 Å². The van der Waals surface area contributed by atoms with Gasteiger partial charge in [-0.25, -0.2) is 0 Å². The molecule has 0 heterocycles. The third-order valence-electron chi connectivity index (χ3n) is 4.31. The molecule has 0 amide bonds. The lowest BCUT2D eigenvalue weighted by Crippen LogP contribution is -2.10. The Hall–Kier alpha value is 0.620. The normalized spacial score (nSPS) is 14.0. The third kappa shape index (κ3) is 6.41. The number of hydrogen-bond donors (Lipinski definition) is 0. The van der Waals surface area contributed by atoms with Crippen LogP contribution in [0.1, 0.15) is 36.8 Å². The van der Waals surface area contributed by atoms with E-state index in [2.05, 4.69) is 100 Å². The summed E-state index contributed by atoms with van der Waals surface area (Å²) in [4.78, 5) is 1.09. The molecule has 0 aliphatic heterocycles. The molecule has 24 heavy (non-hydrogen) atoms. The Labute approximate surface area is 179 Å². The molecule has 2 atom stereocenters. The SMILES string of the molecule is BrCCCC(Br)Cc1ccc2ccccc2c1CC(Br)CCCBr. The van der Waals surface area contributed by atoms with E-state index >= 15 is 0 Å². The summed E-state index contributed by atoms with van der Waals surface area (Å²) in [5, 5.41) is 4.92. The highest BCUT2D eigenvalue weighted by Crippen LogP contribution is 2.29. The molecule has 2 aromatic carbocycles. The van der Waals surface area contributed by atoms with Gasteiger partial charge in [0.25, 0.3) is 0 Å². The number of hydrogen-bond acceptors (Lipinski definition) is 0. The summed E-state index contributed by atoms with van der Waals surface area (Å²) in [7, 11) is 0. The molecule has 0 aromatic heterocycles. The Balaban J connectivity index is 2.26. The van der Waals surface area contributed by atoms with E-state index in [9.17, 15) is 0 Å². The van der Waals surface area contributed by atoms with E-state index in [4.69, 9.17) is 0 Å². The van der Waals surface area contributed by atoms with Gasteiger partial charge in [-0.2, -0.15) is 0 Å². The van der Waals surface area contributed by atoms with Crippen LogP contribution in [-0.2, 0) is 12.8 Å². The smallest absolute Gasteiger partial charge is 0.0186 e. The second-order valence-electron chi connectivity index (χ2n) is 6.19. The number of benzene rings is 2. The van der Waals surface area contributed by atoms with E-state index in [1.54, 1.807) is 0 Å². The molecule has 2 aromatic rings. The molecular weight excluding hydrogens is 560 g/mol. The zero-order chi connectivity index (χ0) is 17.4. The fourth-order valence-corrected chi connectivity index (χ4v) is 5.04. The largest absolute Gasteiger partial charge is 0.0928 e. The van der Waals surface area contributed by atoms with Crippen LogP contribution in [0.2, 0.25) is 0 Å². The van der Waals surface area contributed by atoms with Crippen LogP contribution in [0.4, 0.5) is 0 Å². The molecule has 0 radical (unpaired) electrons. The topological polar surface area (TPSA) is 0 Å². The first-order valence-corrected chi connectivity index (χ1v) is 12.6. The van der Waals surface area contributed by atoms with Crippen molar-refractivity contribution in [1.82, 2.24) is 0 Å². The molecule has 0 aliphatic rings. The summed E-state index contributed by atoms with van der Waals surface area (Å²) >= 11 is 14.9. The molecule has 4 heteroatoms. The first-order valence-electron chi connectivity index (χ1n) is 8.55. The van der Waals surface area contributed by atoms with Crippen LogP contribution in [-0.4, -0.2) is 20.3 Å². The summed E-state index contributed by atoms with van der Waals surface area (Å²) in [6.45, 7) is 0. The molecule has 0 saturated heterocycles. The minimum absolute atomic E-state index is 0.538. The van der Waals surface area contributed by atoms with Crippen LogP contribution >= 0.6 is 63.7 Å². The van der Waals surface area contributed by atoms with Gasteiger partial charge in [-0.15, -0.1) is 0 Å². The van der Waals surface area contributed by atoms with Gasteiger partial charge in [0.1, 0.15) is 0 Å². The number of fused-ring (bicyclic) bond motifs is 1. The van der Waals surface area contributed by atoms with Gasteiger partial charge < -0.3 is 0 Å². The Bertz CT molecular complexity index is 626. The maximum absolute atomic E-state index is 3.90. The Morgan fingerprint density at radius 2 is 1.38 bits per heavy atom. The molecule has 2 unspecified atom stereocenters. The summed E-state index contributed by atoms with van der Waals surface area (Å²) in [5.41, 5.74) is 3.02. The van der Waals surface area contributed by atoms with Crippen molar-refractivity contribution >= 4 is 74.5 Å². The van der Waals surface area contributed by atoms with Gasteiger partial charge in [-0.1, -0.05) is 100 Å². The van der Waals surface area contributed by atoms with E-state index in [0.29, 0.717) is 9.65 Å². The van der Waals surface area contributed by atoms with Crippen LogP contribution in [0.25, 0.3) is 10.8 Å². The summed E-state index contributed by atoms with van der Waals surface area (Å²) in [6.07, 6.45) is 7.04. The van der Waals surface area contributed by atoms with Crippen molar-refractivity contribution in [1.29, 1.82) is 0 Å². The van der Waals surface area contributed by atoms with Gasteiger partial charge in [0, 0.05) is 20.3 Å². The molecule has 0 spiro atoms. The lowest BCUT2D eigenvalue weighted by atomic mass is 9.92. The van der Waals surface area contributed by atoms with Gasteiger partial charge in [0.2, 0.25) is 0 Å². The second-order valence-corrected chi connectivity index (χ2v) is 10.4. The maximum Gasteiger partial charge on any atom is 0.0186 e. The van der Waals surface area contributed by atoms with Crippen molar-refractivity contribution in [3.8, 4) is 0 Å². The average molecular weight is 584 g/mol.